The van der Waals surface area contributed by atoms with Crippen LogP contribution in [-0.2, 0) is 11.3 Å². The number of hydrogen-bond donors (Lipinski definition) is 1. The molecular formula is C16H17NO4. The van der Waals surface area contributed by atoms with Gasteiger partial charge in [-0.2, -0.15) is 0 Å². The first-order valence-electron chi connectivity index (χ1n) is 6.69. The summed E-state index contributed by atoms with van der Waals surface area (Å²) in [5.41, 5.74) is 1.01. The Bertz CT molecular complexity index is 676. The lowest BCUT2D eigenvalue weighted by atomic mass is 10.2. The van der Waals surface area contributed by atoms with Gasteiger partial charge in [0.25, 0.3) is 0 Å². The Morgan fingerprint density at radius 2 is 1.95 bits per heavy atom. The van der Waals surface area contributed by atoms with E-state index in [1.807, 2.05) is 30.3 Å². The molecule has 0 unspecified atom stereocenters. The van der Waals surface area contributed by atoms with E-state index >= 15 is 0 Å². The molecule has 2 rings (SSSR count). The van der Waals surface area contributed by atoms with Crippen molar-refractivity contribution in [2.24, 2.45) is 0 Å². The molecule has 0 aliphatic carbocycles. The van der Waals surface area contributed by atoms with Gasteiger partial charge in [0.2, 0.25) is 5.43 Å². The molecule has 1 aromatic heterocycles. The van der Waals surface area contributed by atoms with Crippen LogP contribution in [0.4, 0.5) is 0 Å². The second-order valence-corrected chi connectivity index (χ2v) is 4.48. The molecule has 0 radical (unpaired) electrons. The van der Waals surface area contributed by atoms with Crippen LogP contribution in [0.2, 0.25) is 0 Å². The maximum Gasteiger partial charge on any atom is 0.343 e. The summed E-state index contributed by atoms with van der Waals surface area (Å²) in [6.45, 7) is 3.88. The molecule has 0 fully saturated rings. The summed E-state index contributed by atoms with van der Waals surface area (Å²) in [5.74, 6) is -0.507. The van der Waals surface area contributed by atoms with Crippen molar-refractivity contribution in [1.82, 2.24) is 4.98 Å². The summed E-state index contributed by atoms with van der Waals surface area (Å²) in [6.07, 6.45) is 1.35. The molecule has 5 heteroatoms. The Morgan fingerprint density at radius 3 is 2.62 bits per heavy atom. The standard InChI is InChI=1S/C16H17NO4/c1-3-20-16(19)13-9-17-11(2)15(14(13)18)21-10-12-7-5-4-6-8-12/h4-9H,3,10H2,1-2H3,(H,17,18). The van der Waals surface area contributed by atoms with E-state index in [1.54, 1.807) is 13.8 Å². The van der Waals surface area contributed by atoms with Crippen LogP contribution in [0.1, 0.15) is 28.5 Å². The number of carbonyl (C=O) groups excluding carboxylic acids is 1. The van der Waals surface area contributed by atoms with E-state index in [4.69, 9.17) is 9.47 Å². The maximum absolute atomic E-state index is 12.3. The first-order valence-corrected chi connectivity index (χ1v) is 6.69. The van der Waals surface area contributed by atoms with Gasteiger partial charge in [0.1, 0.15) is 12.2 Å². The molecule has 0 bridgehead atoms. The Hall–Kier alpha value is -2.56. The molecule has 0 aliphatic heterocycles. The van der Waals surface area contributed by atoms with Crippen LogP contribution in [0.3, 0.4) is 0 Å². The molecule has 0 saturated heterocycles. The summed E-state index contributed by atoms with van der Waals surface area (Å²) in [4.78, 5) is 26.8. The summed E-state index contributed by atoms with van der Waals surface area (Å²) in [6, 6.07) is 9.50. The van der Waals surface area contributed by atoms with Crippen LogP contribution >= 0.6 is 0 Å². The second-order valence-electron chi connectivity index (χ2n) is 4.48. The molecule has 0 amide bonds. The number of pyridine rings is 1. The van der Waals surface area contributed by atoms with Gasteiger partial charge in [0, 0.05) is 6.20 Å². The minimum absolute atomic E-state index is 0.0505. The third-order valence-electron chi connectivity index (χ3n) is 2.95. The fourth-order valence-corrected chi connectivity index (χ4v) is 1.87. The number of carbonyl (C=O) groups is 1. The number of rotatable bonds is 5. The highest BCUT2D eigenvalue weighted by atomic mass is 16.5. The number of aryl methyl sites for hydroxylation is 1. The van der Waals surface area contributed by atoms with Crippen molar-refractivity contribution in [1.29, 1.82) is 0 Å². The van der Waals surface area contributed by atoms with Crippen molar-refractivity contribution >= 4 is 5.97 Å². The lowest BCUT2D eigenvalue weighted by molar-refractivity contribution is 0.0523. The predicted octanol–water partition coefficient (Wildman–Crippen LogP) is 2.44. The Labute approximate surface area is 122 Å². The average molecular weight is 287 g/mol. The molecule has 0 atom stereocenters. The van der Waals surface area contributed by atoms with Gasteiger partial charge in [-0.25, -0.2) is 4.79 Å². The molecule has 0 spiro atoms. The van der Waals surface area contributed by atoms with E-state index in [2.05, 4.69) is 4.98 Å². The summed E-state index contributed by atoms with van der Waals surface area (Å²) >= 11 is 0. The van der Waals surface area contributed by atoms with Gasteiger partial charge in [-0.3, -0.25) is 4.79 Å². The molecular weight excluding hydrogens is 270 g/mol. The summed E-state index contributed by atoms with van der Waals surface area (Å²) < 4.78 is 10.4. The maximum atomic E-state index is 12.3. The summed E-state index contributed by atoms with van der Waals surface area (Å²) in [5, 5.41) is 0. The smallest absolute Gasteiger partial charge is 0.343 e. The van der Waals surface area contributed by atoms with Gasteiger partial charge in [0.15, 0.2) is 5.75 Å². The van der Waals surface area contributed by atoms with Crippen molar-refractivity contribution in [3.63, 3.8) is 0 Å². The van der Waals surface area contributed by atoms with E-state index in [9.17, 15) is 9.59 Å². The van der Waals surface area contributed by atoms with Crippen LogP contribution in [-0.4, -0.2) is 17.6 Å². The molecule has 1 heterocycles. The molecule has 5 nitrogen and oxygen atoms in total. The average Bonchev–Trinajstić information content (AvgIpc) is 2.48. The van der Waals surface area contributed by atoms with E-state index in [0.717, 1.165) is 5.56 Å². The van der Waals surface area contributed by atoms with Gasteiger partial charge in [-0.05, 0) is 19.4 Å². The largest absolute Gasteiger partial charge is 0.483 e. The van der Waals surface area contributed by atoms with Gasteiger partial charge in [-0.15, -0.1) is 0 Å². The number of aromatic nitrogens is 1. The van der Waals surface area contributed by atoms with Crippen molar-refractivity contribution in [2.75, 3.05) is 6.61 Å². The van der Waals surface area contributed by atoms with Crippen LogP contribution in [0.15, 0.2) is 41.3 Å². The molecule has 1 N–H and O–H groups in total. The molecule has 2 aromatic rings. The third kappa shape index (κ3) is 3.51. The van der Waals surface area contributed by atoms with Gasteiger partial charge < -0.3 is 14.5 Å². The Morgan fingerprint density at radius 1 is 1.24 bits per heavy atom. The van der Waals surface area contributed by atoms with E-state index in [0.29, 0.717) is 5.69 Å². The van der Waals surface area contributed by atoms with E-state index in [1.165, 1.54) is 6.20 Å². The van der Waals surface area contributed by atoms with Gasteiger partial charge >= 0.3 is 5.97 Å². The van der Waals surface area contributed by atoms with Crippen LogP contribution in [0.5, 0.6) is 5.75 Å². The number of ether oxygens (including phenoxy) is 2. The number of hydrogen-bond acceptors (Lipinski definition) is 4. The number of esters is 1. The number of benzene rings is 1. The highest BCUT2D eigenvalue weighted by molar-refractivity contribution is 5.89. The Kier molecular flexibility index (Phi) is 4.77. The second kappa shape index (κ2) is 6.74. The fourth-order valence-electron chi connectivity index (χ4n) is 1.87. The fraction of sp³-hybridized carbons (Fsp3) is 0.250. The number of aromatic amines is 1. The van der Waals surface area contributed by atoms with Crippen molar-refractivity contribution < 1.29 is 14.3 Å². The molecule has 0 aliphatic rings. The zero-order chi connectivity index (χ0) is 15.2. The van der Waals surface area contributed by atoms with Crippen LogP contribution in [0.25, 0.3) is 0 Å². The van der Waals surface area contributed by atoms with E-state index in [-0.39, 0.29) is 24.5 Å². The first kappa shape index (κ1) is 14.8. The molecule has 110 valence electrons. The quantitative estimate of drug-likeness (QED) is 0.858. The normalized spacial score (nSPS) is 10.2. The molecule has 21 heavy (non-hydrogen) atoms. The minimum atomic E-state index is -0.650. The SMILES string of the molecule is CCOC(=O)c1c[nH]c(C)c(OCc2ccccc2)c1=O. The van der Waals surface area contributed by atoms with Crippen LogP contribution in [0, 0.1) is 6.92 Å². The highest BCUT2D eigenvalue weighted by Gasteiger charge is 2.17. The van der Waals surface area contributed by atoms with Gasteiger partial charge in [0.05, 0.1) is 12.3 Å². The van der Waals surface area contributed by atoms with Crippen molar-refractivity contribution in [3.05, 3.63) is 63.6 Å². The molecule has 0 saturated carbocycles. The highest BCUT2D eigenvalue weighted by Crippen LogP contribution is 2.13. The minimum Gasteiger partial charge on any atom is -0.483 e. The predicted molar refractivity (Wildman–Crippen MR) is 78.5 cm³/mol. The van der Waals surface area contributed by atoms with Crippen LogP contribution < -0.4 is 10.2 Å². The first-order chi connectivity index (χ1) is 10.1. The lowest BCUT2D eigenvalue weighted by Crippen LogP contribution is -2.21. The number of H-pyrrole nitrogens is 1. The topological polar surface area (TPSA) is 68.4 Å². The Balaban J connectivity index is 2.24. The zero-order valence-corrected chi connectivity index (χ0v) is 12.0. The lowest BCUT2D eigenvalue weighted by Gasteiger charge is -2.10. The van der Waals surface area contributed by atoms with Crippen molar-refractivity contribution in [2.45, 2.75) is 20.5 Å². The van der Waals surface area contributed by atoms with Gasteiger partial charge in [-0.1, -0.05) is 30.3 Å². The summed E-state index contributed by atoms with van der Waals surface area (Å²) in [7, 11) is 0. The zero-order valence-electron chi connectivity index (χ0n) is 12.0. The third-order valence-corrected chi connectivity index (χ3v) is 2.95. The molecule has 1 aromatic carbocycles. The monoisotopic (exact) mass is 287 g/mol. The number of nitrogens with one attached hydrogen (secondary N) is 1. The van der Waals surface area contributed by atoms with E-state index < -0.39 is 11.4 Å². The van der Waals surface area contributed by atoms with Crippen molar-refractivity contribution in [3.8, 4) is 5.75 Å².